The van der Waals surface area contributed by atoms with E-state index in [1.807, 2.05) is 222 Å². The van der Waals surface area contributed by atoms with E-state index in [9.17, 15) is 0 Å². The van der Waals surface area contributed by atoms with Crippen LogP contribution in [0.15, 0.2) is 271 Å². The zero-order valence-electron chi connectivity index (χ0n) is 38.3. The minimum Gasteiger partial charge on any atom is -0.284 e. The van der Waals surface area contributed by atoms with Crippen LogP contribution in [-0.4, -0.2) is 38.3 Å². The van der Waals surface area contributed by atoms with Crippen molar-refractivity contribution in [1.29, 1.82) is 0 Å². The van der Waals surface area contributed by atoms with E-state index in [-0.39, 0.29) is 11.8 Å². The molecule has 0 spiro atoms. The highest BCUT2D eigenvalue weighted by Crippen LogP contribution is 2.48. The van der Waals surface area contributed by atoms with Crippen LogP contribution in [0.5, 0.6) is 0 Å². The van der Waals surface area contributed by atoms with Gasteiger partial charge in [0, 0.05) is 0 Å². The van der Waals surface area contributed by atoms with Crippen molar-refractivity contribution in [2.45, 2.75) is 36.0 Å². The lowest BCUT2D eigenvalue weighted by molar-refractivity contribution is -0.130. The molecule has 338 valence electrons. The van der Waals surface area contributed by atoms with Gasteiger partial charge < -0.3 is 0 Å². The summed E-state index contributed by atoms with van der Waals surface area (Å²) in [5, 5.41) is 0. The van der Waals surface area contributed by atoms with Crippen molar-refractivity contribution >= 4 is 23.5 Å². The first-order valence-electron chi connectivity index (χ1n) is 23.8. The number of carbonyl (C=O) groups excluding carboxylic acids is 2. The second-order valence-electron chi connectivity index (χ2n) is 17.7. The minimum absolute atomic E-state index is 0.132. The molecule has 0 saturated heterocycles. The molecule has 0 N–H and O–H groups in total. The van der Waals surface area contributed by atoms with E-state index in [1.165, 1.54) is 0 Å². The first-order valence-corrected chi connectivity index (χ1v) is 23.8. The van der Waals surface area contributed by atoms with Crippen LogP contribution in [0.3, 0.4) is 0 Å². The third-order valence-corrected chi connectivity index (χ3v) is 13.4. The fraction of sp³-hybridized carbons (Fsp3) is 0.0952. The summed E-state index contributed by atoms with van der Waals surface area (Å²) < 4.78 is 0. The maximum Gasteiger partial charge on any atom is 0.240 e. The SMILES string of the molecule is O=C(C(c1ccccc1)c1ccccc1)N1C(c2cccc(C3=N[C@@H](c4ccccc4)[C@H](c4ccccc4)N3C(=O)C(c3ccccc3)c3ccccc3)n2)=N[C@@H](c2ccccc2)[C@@H]1c1ccccc1. The van der Waals surface area contributed by atoms with Crippen LogP contribution in [0.4, 0.5) is 0 Å². The predicted molar refractivity (Wildman–Crippen MR) is 277 cm³/mol. The highest BCUT2D eigenvalue weighted by atomic mass is 16.2. The summed E-state index contributed by atoms with van der Waals surface area (Å²) in [4.78, 5) is 52.5. The average Bonchev–Trinajstić information content (AvgIpc) is 4.05. The van der Waals surface area contributed by atoms with Crippen molar-refractivity contribution in [2.75, 3.05) is 0 Å². The molecule has 7 heteroatoms. The number of amidine groups is 2. The van der Waals surface area contributed by atoms with E-state index in [2.05, 4.69) is 48.5 Å². The number of carbonyl (C=O) groups is 2. The maximum absolute atomic E-state index is 16.1. The molecule has 0 radical (unpaired) electrons. The summed E-state index contributed by atoms with van der Waals surface area (Å²) in [6.45, 7) is 0. The predicted octanol–water partition coefficient (Wildman–Crippen LogP) is 12.9. The van der Waals surface area contributed by atoms with Crippen LogP contribution in [0.2, 0.25) is 0 Å². The first-order chi connectivity index (χ1) is 34.6. The van der Waals surface area contributed by atoms with Crippen LogP contribution in [0, 0.1) is 0 Å². The largest absolute Gasteiger partial charge is 0.284 e. The highest BCUT2D eigenvalue weighted by Gasteiger charge is 2.47. The summed E-state index contributed by atoms with van der Waals surface area (Å²) in [5.74, 6) is -0.702. The van der Waals surface area contributed by atoms with Gasteiger partial charge in [0.15, 0.2) is 11.7 Å². The number of aromatic nitrogens is 1. The molecule has 0 unspecified atom stereocenters. The molecule has 2 amide bonds. The quantitative estimate of drug-likeness (QED) is 0.122. The van der Waals surface area contributed by atoms with E-state index in [4.69, 9.17) is 15.0 Å². The monoisotopic (exact) mass is 907 g/mol. The Morgan fingerprint density at radius 2 is 0.571 bits per heavy atom. The van der Waals surface area contributed by atoms with E-state index in [1.54, 1.807) is 0 Å². The molecule has 7 nitrogen and oxygen atoms in total. The number of rotatable bonds is 12. The van der Waals surface area contributed by atoms with Crippen molar-refractivity contribution < 1.29 is 9.59 Å². The summed E-state index contributed by atoms with van der Waals surface area (Å²) >= 11 is 0. The average molecular weight is 908 g/mol. The van der Waals surface area contributed by atoms with Gasteiger partial charge in [0.1, 0.15) is 23.5 Å². The summed E-state index contributed by atoms with van der Waals surface area (Å²) in [6.07, 6.45) is 0. The number of nitrogens with zero attached hydrogens (tertiary/aromatic N) is 5. The molecule has 2 aliphatic rings. The molecule has 70 heavy (non-hydrogen) atoms. The van der Waals surface area contributed by atoms with Gasteiger partial charge in [0.05, 0.1) is 23.9 Å². The molecule has 0 bridgehead atoms. The van der Waals surface area contributed by atoms with E-state index >= 15 is 9.59 Å². The van der Waals surface area contributed by atoms with Crippen molar-refractivity contribution in [3.05, 3.63) is 317 Å². The van der Waals surface area contributed by atoms with E-state index in [0.29, 0.717) is 23.1 Å². The Bertz CT molecular complexity index is 2970. The third-order valence-electron chi connectivity index (χ3n) is 13.4. The van der Waals surface area contributed by atoms with Crippen molar-refractivity contribution in [3.63, 3.8) is 0 Å². The van der Waals surface area contributed by atoms with Crippen molar-refractivity contribution in [2.24, 2.45) is 9.98 Å². The molecular formula is C63H49N5O2. The van der Waals surface area contributed by atoms with Gasteiger partial charge in [0.2, 0.25) is 11.8 Å². The normalized spacial score (nSPS) is 17.6. The molecule has 9 aromatic rings. The van der Waals surface area contributed by atoms with Crippen LogP contribution in [0.1, 0.15) is 91.9 Å². The molecule has 0 saturated carbocycles. The van der Waals surface area contributed by atoms with Crippen LogP contribution < -0.4 is 0 Å². The van der Waals surface area contributed by atoms with Gasteiger partial charge in [-0.3, -0.25) is 29.4 Å². The second-order valence-corrected chi connectivity index (χ2v) is 17.7. The molecule has 2 aliphatic heterocycles. The zero-order valence-corrected chi connectivity index (χ0v) is 38.3. The van der Waals surface area contributed by atoms with E-state index < -0.39 is 36.0 Å². The number of benzene rings is 8. The van der Waals surface area contributed by atoms with E-state index in [0.717, 1.165) is 44.5 Å². The van der Waals surface area contributed by atoms with Gasteiger partial charge in [-0.25, -0.2) is 4.98 Å². The summed E-state index contributed by atoms with van der Waals surface area (Å²) in [5.41, 5.74) is 8.29. The molecule has 0 aliphatic carbocycles. The highest BCUT2D eigenvalue weighted by molar-refractivity contribution is 6.13. The topological polar surface area (TPSA) is 78.2 Å². The first kappa shape index (κ1) is 43.7. The summed E-state index contributed by atoms with van der Waals surface area (Å²) in [6, 6.07) is 84.3. The maximum atomic E-state index is 16.1. The minimum atomic E-state index is -0.657. The van der Waals surface area contributed by atoms with Crippen LogP contribution in [0.25, 0.3) is 0 Å². The lowest BCUT2D eigenvalue weighted by Gasteiger charge is -2.33. The Balaban J connectivity index is 1.11. The molecule has 3 heterocycles. The standard InChI is InChI=1S/C63H49N5O2/c69-62(54(44-26-9-1-10-27-44)45-28-11-2-12-29-45)67-58(50-38-21-7-22-39-50)56(48-34-17-5-18-35-48)65-60(67)52-42-25-43-53(64-52)61-66-57(49-36-19-6-20-37-49)59(51-40-23-8-24-41-51)68(61)63(70)55(46-30-13-3-14-31-46)47-32-15-4-16-33-47/h1-43,54-59H/t56-,57-,58-,59-/m0/s1. The number of amides is 2. The smallest absolute Gasteiger partial charge is 0.240 e. The van der Waals surface area contributed by atoms with Gasteiger partial charge in [-0.05, 0) is 56.6 Å². The lowest BCUT2D eigenvalue weighted by Crippen LogP contribution is -2.42. The van der Waals surface area contributed by atoms with Gasteiger partial charge in [0.25, 0.3) is 0 Å². The zero-order chi connectivity index (χ0) is 47.2. The Morgan fingerprint density at radius 1 is 0.314 bits per heavy atom. The Labute approximate surface area is 408 Å². The number of aliphatic imine (C=N–C) groups is 2. The Hall–Kier alpha value is -8.81. The molecule has 1 aromatic heterocycles. The number of pyridine rings is 1. The van der Waals surface area contributed by atoms with Crippen molar-refractivity contribution in [1.82, 2.24) is 14.8 Å². The van der Waals surface area contributed by atoms with Gasteiger partial charge >= 0.3 is 0 Å². The van der Waals surface area contributed by atoms with Crippen LogP contribution >= 0.6 is 0 Å². The number of hydrogen-bond donors (Lipinski definition) is 0. The fourth-order valence-corrected chi connectivity index (χ4v) is 10.2. The number of hydrogen-bond acceptors (Lipinski definition) is 5. The summed E-state index contributed by atoms with van der Waals surface area (Å²) in [7, 11) is 0. The van der Waals surface area contributed by atoms with Crippen molar-refractivity contribution in [3.8, 4) is 0 Å². The molecule has 0 fully saturated rings. The lowest BCUT2D eigenvalue weighted by atomic mass is 9.87. The third kappa shape index (κ3) is 8.54. The van der Waals surface area contributed by atoms with Gasteiger partial charge in [-0.2, -0.15) is 0 Å². The second kappa shape index (κ2) is 19.8. The molecule has 11 rings (SSSR count). The molecule has 8 aromatic carbocycles. The fourth-order valence-electron chi connectivity index (χ4n) is 10.2. The Morgan fingerprint density at radius 3 is 0.857 bits per heavy atom. The van der Waals surface area contributed by atoms with Gasteiger partial charge in [-0.15, -0.1) is 0 Å². The Kier molecular flexibility index (Phi) is 12.4. The van der Waals surface area contributed by atoms with Crippen LogP contribution in [-0.2, 0) is 9.59 Å². The molecule has 4 atom stereocenters. The molecular weight excluding hydrogens is 859 g/mol. The van der Waals surface area contributed by atoms with Gasteiger partial charge in [-0.1, -0.05) is 249 Å².